The molecule has 9 heteroatoms. The number of rotatable bonds is 6. The molecular weight excluding hydrogens is 416 g/mol. The number of ether oxygens (including phenoxy) is 1. The fraction of sp³-hybridized carbons (Fsp3) is 0.364. The minimum absolute atomic E-state index is 0.129. The van der Waals surface area contributed by atoms with Crippen molar-refractivity contribution >= 4 is 27.8 Å². The van der Waals surface area contributed by atoms with Crippen molar-refractivity contribution in [2.24, 2.45) is 5.10 Å². The number of hydrogen-bond acceptors (Lipinski definition) is 6. The van der Waals surface area contributed by atoms with Gasteiger partial charge in [-0.25, -0.2) is 13.8 Å². The van der Waals surface area contributed by atoms with Crippen molar-refractivity contribution in [2.45, 2.75) is 17.7 Å². The van der Waals surface area contributed by atoms with Crippen LogP contribution in [0.1, 0.15) is 28.8 Å². The lowest BCUT2D eigenvalue weighted by atomic mass is 10.2. The molecular formula is C22H26N4O4S. The highest BCUT2D eigenvalue weighted by Crippen LogP contribution is 2.21. The molecule has 8 nitrogen and oxygen atoms in total. The molecule has 0 aromatic heterocycles. The van der Waals surface area contributed by atoms with Gasteiger partial charge in [0, 0.05) is 37.4 Å². The predicted octanol–water partition coefficient (Wildman–Crippen LogP) is 2.07. The fourth-order valence-electron chi connectivity index (χ4n) is 3.70. The maximum absolute atomic E-state index is 12.7. The smallest absolute Gasteiger partial charge is 0.271 e. The van der Waals surface area contributed by atoms with E-state index in [1.54, 1.807) is 18.3 Å². The van der Waals surface area contributed by atoms with E-state index in [2.05, 4.69) is 15.4 Å². The van der Waals surface area contributed by atoms with Gasteiger partial charge in [0.15, 0.2) is 0 Å². The van der Waals surface area contributed by atoms with Gasteiger partial charge in [0.2, 0.25) is 10.0 Å². The van der Waals surface area contributed by atoms with Gasteiger partial charge < -0.3 is 9.64 Å². The van der Waals surface area contributed by atoms with Crippen LogP contribution in [0, 0.1) is 0 Å². The van der Waals surface area contributed by atoms with E-state index in [4.69, 9.17) is 4.74 Å². The van der Waals surface area contributed by atoms with Gasteiger partial charge in [-0.05, 0) is 48.7 Å². The number of anilines is 1. The third-order valence-corrected chi connectivity index (χ3v) is 7.34. The first-order valence-electron chi connectivity index (χ1n) is 10.4. The van der Waals surface area contributed by atoms with Crippen molar-refractivity contribution in [3.8, 4) is 0 Å². The number of sulfonamides is 1. The molecule has 0 unspecified atom stereocenters. The first-order valence-corrected chi connectivity index (χ1v) is 11.8. The molecule has 0 radical (unpaired) electrons. The lowest BCUT2D eigenvalue weighted by molar-refractivity contribution is 0.0955. The SMILES string of the molecule is O=C(NN=Cc1ccc(N2CCOCC2)cc1)c1cccc(S(=O)(=O)N2CCCC2)c1. The Hall–Kier alpha value is -2.75. The Labute approximate surface area is 182 Å². The zero-order valence-electron chi connectivity index (χ0n) is 17.2. The quantitative estimate of drug-likeness (QED) is 0.546. The van der Waals surface area contributed by atoms with Gasteiger partial charge in [0.05, 0.1) is 24.3 Å². The summed E-state index contributed by atoms with van der Waals surface area (Å²) in [5.74, 6) is -0.459. The zero-order chi connectivity index (χ0) is 21.7. The summed E-state index contributed by atoms with van der Waals surface area (Å²) >= 11 is 0. The summed E-state index contributed by atoms with van der Waals surface area (Å²) in [4.78, 5) is 14.8. The van der Waals surface area contributed by atoms with Crippen molar-refractivity contribution in [1.82, 2.24) is 9.73 Å². The molecule has 0 aliphatic carbocycles. The van der Waals surface area contributed by atoms with E-state index in [1.807, 2.05) is 24.3 Å². The van der Waals surface area contributed by atoms with Crippen molar-refractivity contribution in [2.75, 3.05) is 44.3 Å². The van der Waals surface area contributed by atoms with Gasteiger partial charge in [0.25, 0.3) is 5.91 Å². The molecule has 0 spiro atoms. The fourth-order valence-corrected chi connectivity index (χ4v) is 5.26. The van der Waals surface area contributed by atoms with Gasteiger partial charge in [-0.2, -0.15) is 9.41 Å². The Kier molecular flexibility index (Phi) is 6.64. The zero-order valence-corrected chi connectivity index (χ0v) is 18.1. The van der Waals surface area contributed by atoms with Crippen molar-refractivity contribution < 1.29 is 17.9 Å². The Morgan fingerprint density at radius 1 is 1.00 bits per heavy atom. The number of hydrogen-bond donors (Lipinski definition) is 1. The second-order valence-electron chi connectivity index (χ2n) is 7.53. The molecule has 2 aromatic carbocycles. The molecule has 164 valence electrons. The molecule has 0 bridgehead atoms. The van der Waals surface area contributed by atoms with Crippen LogP contribution < -0.4 is 10.3 Å². The second kappa shape index (κ2) is 9.59. The largest absolute Gasteiger partial charge is 0.378 e. The normalized spacial score (nSPS) is 17.9. The van der Waals surface area contributed by atoms with Crippen LogP contribution in [0.15, 0.2) is 58.5 Å². The van der Waals surface area contributed by atoms with E-state index in [1.165, 1.54) is 16.4 Å². The van der Waals surface area contributed by atoms with Crippen molar-refractivity contribution in [3.63, 3.8) is 0 Å². The number of benzene rings is 2. The van der Waals surface area contributed by atoms with E-state index in [0.29, 0.717) is 13.1 Å². The first-order chi connectivity index (χ1) is 15.0. The monoisotopic (exact) mass is 442 g/mol. The molecule has 31 heavy (non-hydrogen) atoms. The molecule has 2 heterocycles. The molecule has 1 N–H and O–H groups in total. The van der Waals surface area contributed by atoms with E-state index in [0.717, 1.165) is 50.4 Å². The van der Waals surface area contributed by atoms with Crippen LogP contribution >= 0.6 is 0 Å². The number of carbonyl (C=O) groups excluding carboxylic acids is 1. The number of nitrogens with one attached hydrogen (secondary N) is 1. The van der Waals surface area contributed by atoms with Crippen LogP contribution in [-0.4, -0.2) is 64.2 Å². The Bertz CT molecular complexity index is 1040. The summed E-state index contributed by atoms with van der Waals surface area (Å²) in [7, 11) is -3.57. The Morgan fingerprint density at radius 3 is 2.42 bits per heavy atom. The third kappa shape index (κ3) is 5.12. The number of amides is 1. The molecule has 0 saturated carbocycles. The van der Waals surface area contributed by atoms with Crippen LogP contribution in [-0.2, 0) is 14.8 Å². The van der Waals surface area contributed by atoms with Crippen LogP contribution in [0.4, 0.5) is 5.69 Å². The van der Waals surface area contributed by atoms with Gasteiger partial charge in [-0.1, -0.05) is 18.2 Å². The Morgan fingerprint density at radius 2 is 1.71 bits per heavy atom. The highest BCUT2D eigenvalue weighted by Gasteiger charge is 2.27. The van der Waals surface area contributed by atoms with E-state index in [-0.39, 0.29) is 10.5 Å². The highest BCUT2D eigenvalue weighted by molar-refractivity contribution is 7.89. The summed E-state index contributed by atoms with van der Waals surface area (Å²) in [6.07, 6.45) is 3.29. The maximum Gasteiger partial charge on any atom is 0.271 e. The van der Waals surface area contributed by atoms with Gasteiger partial charge in [-0.3, -0.25) is 4.79 Å². The first kappa shape index (κ1) is 21.5. The maximum atomic E-state index is 12.7. The standard InChI is InChI=1S/C22H26N4O4S/c27-22(19-4-3-5-21(16-19)31(28,29)26-10-1-2-11-26)24-23-17-18-6-8-20(9-7-18)25-12-14-30-15-13-25/h3-9,16-17H,1-2,10-15H2,(H,24,27). The van der Waals surface area contributed by atoms with Gasteiger partial charge in [-0.15, -0.1) is 0 Å². The molecule has 1 amide bonds. The van der Waals surface area contributed by atoms with Crippen LogP contribution in [0.25, 0.3) is 0 Å². The topological polar surface area (TPSA) is 91.3 Å². The lowest BCUT2D eigenvalue weighted by Crippen LogP contribution is -2.36. The van der Waals surface area contributed by atoms with Crippen LogP contribution in [0.3, 0.4) is 0 Å². The summed E-state index contributed by atoms with van der Waals surface area (Å²) in [6.45, 7) is 4.25. The van der Waals surface area contributed by atoms with Crippen LogP contribution in [0.5, 0.6) is 0 Å². The average Bonchev–Trinajstić information content (AvgIpc) is 3.36. The number of hydrazone groups is 1. The van der Waals surface area contributed by atoms with E-state index < -0.39 is 15.9 Å². The summed E-state index contributed by atoms with van der Waals surface area (Å²) in [6, 6.07) is 14.0. The minimum Gasteiger partial charge on any atom is -0.378 e. The summed E-state index contributed by atoms with van der Waals surface area (Å²) in [5.41, 5.74) is 4.69. The minimum atomic E-state index is -3.57. The molecule has 2 aliphatic rings. The van der Waals surface area contributed by atoms with E-state index in [9.17, 15) is 13.2 Å². The molecule has 0 atom stereocenters. The Balaban J connectivity index is 1.38. The highest BCUT2D eigenvalue weighted by atomic mass is 32.2. The molecule has 2 saturated heterocycles. The van der Waals surface area contributed by atoms with Crippen molar-refractivity contribution in [1.29, 1.82) is 0 Å². The third-order valence-electron chi connectivity index (χ3n) is 5.45. The second-order valence-corrected chi connectivity index (χ2v) is 9.47. The number of morpholine rings is 1. The number of nitrogens with zero attached hydrogens (tertiary/aromatic N) is 3. The lowest BCUT2D eigenvalue weighted by Gasteiger charge is -2.28. The van der Waals surface area contributed by atoms with Crippen LogP contribution in [0.2, 0.25) is 0 Å². The number of carbonyl (C=O) groups is 1. The molecule has 2 aliphatic heterocycles. The van der Waals surface area contributed by atoms with Gasteiger partial charge in [0.1, 0.15) is 0 Å². The predicted molar refractivity (Wildman–Crippen MR) is 119 cm³/mol. The van der Waals surface area contributed by atoms with Crippen molar-refractivity contribution in [3.05, 3.63) is 59.7 Å². The molecule has 2 fully saturated rings. The summed E-state index contributed by atoms with van der Waals surface area (Å²) < 4.78 is 32.2. The summed E-state index contributed by atoms with van der Waals surface area (Å²) in [5, 5.41) is 4.01. The van der Waals surface area contributed by atoms with Gasteiger partial charge >= 0.3 is 0 Å². The average molecular weight is 443 g/mol. The molecule has 4 rings (SSSR count). The molecule has 2 aromatic rings. The van der Waals surface area contributed by atoms with E-state index >= 15 is 0 Å².